The molecule has 108 valence electrons. The van der Waals surface area contributed by atoms with Gasteiger partial charge in [0, 0.05) is 5.56 Å². The zero-order chi connectivity index (χ0) is 15.2. The summed E-state index contributed by atoms with van der Waals surface area (Å²) in [5.41, 5.74) is 5.46. The van der Waals surface area contributed by atoms with Crippen molar-refractivity contribution in [3.8, 4) is 0 Å². The van der Waals surface area contributed by atoms with E-state index < -0.39 is 0 Å². The fraction of sp³-hybridized carbons (Fsp3) is 0.0952. The fourth-order valence-electron chi connectivity index (χ4n) is 2.76. The van der Waals surface area contributed by atoms with E-state index in [4.69, 9.17) is 0 Å². The maximum absolute atomic E-state index is 11.6. The lowest BCUT2D eigenvalue weighted by atomic mass is 9.93. The smallest absolute Gasteiger partial charge is 0.150 e. The average Bonchev–Trinajstić information content (AvgIpc) is 2.57. The van der Waals surface area contributed by atoms with Crippen LogP contribution in [0.2, 0.25) is 0 Å². The molecule has 0 N–H and O–H groups in total. The number of rotatable bonds is 5. The normalized spacial score (nSPS) is 10.4. The van der Waals surface area contributed by atoms with Gasteiger partial charge in [0.25, 0.3) is 0 Å². The number of carbonyl (C=O) groups is 1. The van der Waals surface area contributed by atoms with Crippen LogP contribution >= 0.6 is 0 Å². The van der Waals surface area contributed by atoms with Crippen LogP contribution in [0.5, 0.6) is 0 Å². The van der Waals surface area contributed by atoms with Crippen molar-refractivity contribution < 1.29 is 4.79 Å². The zero-order valence-corrected chi connectivity index (χ0v) is 12.4. The first-order chi connectivity index (χ1) is 10.9. The number of carbonyl (C=O) groups excluding carboxylic acids is 1. The third kappa shape index (κ3) is 3.32. The van der Waals surface area contributed by atoms with Crippen molar-refractivity contribution >= 4 is 6.29 Å². The molecule has 3 rings (SSSR count). The second-order valence-corrected chi connectivity index (χ2v) is 5.43. The van der Waals surface area contributed by atoms with E-state index in [2.05, 4.69) is 24.3 Å². The van der Waals surface area contributed by atoms with Gasteiger partial charge in [0.2, 0.25) is 0 Å². The number of benzene rings is 3. The van der Waals surface area contributed by atoms with Crippen molar-refractivity contribution in [2.24, 2.45) is 0 Å². The fourth-order valence-corrected chi connectivity index (χ4v) is 2.76. The summed E-state index contributed by atoms with van der Waals surface area (Å²) in [4.78, 5) is 11.6. The zero-order valence-electron chi connectivity index (χ0n) is 12.4. The minimum absolute atomic E-state index is 0.789. The van der Waals surface area contributed by atoms with Gasteiger partial charge >= 0.3 is 0 Å². The summed E-state index contributed by atoms with van der Waals surface area (Å²) in [6.07, 6.45) is 2.58. The maximum atomic E-state index is 11.6. The van der Waals surface area contributed by atoms with Gasteiger partial charge in [-0.05, 0) is 35.1 Å². The highest BCUT2D eigenvalue weighted by atomic mass is 16.1. The molecule has 0 radical (unpaired) electrons. The Hall–Kier alpha value is -2.67. The van der Waals surface area contributed by atoms with Gasteiger partial charge in [-0.2, -0.15) is 0 Å². The number of aldehydes is 1. The Morgan fingerprint density at radius 1 is 0.591 bits per heavy atom. The largest absolute Gasteiger partial charge is 0.298 e. The highest BCUT2D eigenvalue weighted by molar-refractivity contribution is 5.80. The van der Waals surface area contributed by atoms with Gasteiger partial charge in [-0.15, -0.1) is 0 Å². The summed E-state index contributed by atoms with van der Waals surface area (Å²) >= 11 is 0. The van der Waals surface area contributed by atoms with Crippen molar-refractivity contribution in [1.29, 1.82) is 0 Å². The molecule has 0 saturated heterocycles. The molecular weight excluding hydrogens is 268 g/mol. The molecule has 1 nitrogen and oxygen atoms in total. The summed E-state index contributed by atoms with van der Waals surface area (Å²) in [6.45, 7) is 0. The molecule has 3 aromatic rings. The van der Waals surface area contributed by atoms with Crippen LogP contribution < -0.4 is 0 Å². The minimum atomic E-state index is 0.789. The predicted molar refractivity (Wildman–Crippen MR) is 90.3 cm³/mol. The number of hydrogen-bond donors (Lipinski definition) is 0. The first-order valence-electron chi connectivity index (χ1n) is 7.50. The van der Waals surface area contributed by atoms with Gasteiger partial charge in [-0.3, -0.25) is 4.79 Å². The van der Waals surface area contributed by atoms with E-state index in [1.54, 1.807) is 0 Å². The molecule has 0 aliphatic rings. The second kappa shape index (κ2) is 6.86. The minimum Gasteiger partial charge on any atom is -0.298 e. The van der Waals surface area contributed by atoms with Crippen LogP contribution in [0.15, 0.2) is 78.9 Å². The molecule has 0 amide bonds. The molecule has 0 aliphatic heterocycles. The van der Waals surface area contributed by atoms with Crippen LogP contribution in [0, 0.1) is 0 Å². The third-order valence-electron chi connectivity index (χ3n) is 3.88. The molecule has 0 heterocycles. The van der Waals surface area contributed by atoms with Crippen LogP contribution in [0.4, 0.5) is 0 Å². The van der Waals surface area contributed by atoms with Crippen molar-refractivity contribution in [1.82, 2.24) is 0 Å². The monoisotopic (exact) mass is 286 g/mol. The van der Waals surface area contributed by atoms with Crippen LogP contribution in [-0.4, -0.2) is 6.29 Å². The Labute approximate surface area is 131 Å². The first-order valence-corrected chi connectivity index (χ1v) is 7.50. The van der Waals surface area contributed by atoms with Gasteiger partial charge in [0.1, 0.15) is 0 Å². The molecule has 0 unspecified atom stereocenters. The van der Waals surface area contributed by atoms with E-state index in [1.165, 1.54) is 11.1 Å². The molecule has 0 saturated carbocycles. The lowest BCUT2D eigenvalue weighted by molar-refractivity contribution is 0.112. The van der Waals surface area contributed by atoms with Gasteiger partial charge < -0.3 is 0 Å². The summed E-state index contributed by atoms with van der Waals surface area (Å²) in [7, 11) is 0. The van der Waals surface area contributed by atoms with Crippen LogP contribution in [0.3, 0.4) is 0 Å². The molecule has 22 heavy (non-hydrogen) atoms. The van der Waals surface area contributed by atoms with E-state index in [0.717, 1.165) is 35.8 Å². The van der Waals surface area contributed by atoms with Crippen molar-refractivity contribution in [3.05, 3.63) is 107 Å². The maximum Gasteiger partial charge on any atom is 0.150 e. The molecule has 1 heteroatoms. The van der Waals surface area contributed by atoms with Crippen LogP contribution in [-0.2, 0) is 12.8 Å². The molecule has 0 bridgehead atoms. The van der Waals surface area contributed by atoms with Gasteiger partial charge in [-0.1, -0.05) is 78.9 Å². The van der Waals surface area contributed by atoms with E-state index in [1.807, 2.05) is 54.6 Å². The lowest BCUT2D eigenvalue weighted by Crippen LogP contribution is -2.01. The molecular formula is C21H18O. The van der Waals surface area contributed by atoms with Crippen molar-refractivity contribution in [3.63, 3.8) is 0 Å². The summed E-state index contributed by atoms with van der Waals surface area (Å²) in [5, 5.41) is 0. The molecule has 0 atom stereocenters. The van der Waals surface area contributed by atoms with E-state index in [-0.39, 0.29) is 0 Å². The lowest BCUT2D eigenvalue weighted by Gasteiger charge is -2.11. The van der Waals surface area contributed by atoms with Crippen LogP contribution in [0.1, 0.15) is 32.6 Å². The Morgan fingerprint density at radius 3 is 1.45 bits per heavy atom. The molecule has 0 spiro atoms. The van der Waals surface area contributed by atoms with Crippen molar-refractivity contribution in [2.45, 2.75) is 12.8 Å². The van der Waals surface area contributed by atoms with Gasteiger partial charge in [-0.25, -0.2) is 0 Å². The standard InChI is InChI=1S/C21H18O/c22-16-21-19(14-17-8-3-1-4-9-17)12-7-13-20(21)15-18-10-5-2-6-11-18/h1-13,16H,14-15H2. The van der Waals surface area contributed by atoms with Gasteiger partial charge in [0.15, 0.2) is 6.29 Å². The molecule has 0 aliphatic carbocycles. The van der Waals surface area contributed by atoms with E-state index >= 15 is 0 Å². The summed E-state index contributed by atoms with van der Waals surface area (Å²) < 4.78 is 0. The van der Waals surface area contributed by atoms with Gasteiger partial charge in [0.05, 0.1) is 0 Å². The van der Waals surface area contributed by atoms with Crippen molar-refractivity contribution in [2.75, 3.05) is 0 Å². The summed E-state index contributed by atoms with van der Waals surface area (Å²) in [6, 6.07) is 26.7. The average molecular weight is 286 g/mol. The Morgan fingerprint density at radius 2 is 1.05 bits per heavy atom. The van der Waals surface area contributed by atoms with Crippen LogP contribution in [0.25, 0.3) is 0 Å². The first kappa shape index (κ1) is 14.3. The highest BCUT2D eigenvalue weighted by Crippen LogP contribution is 2.20. The quantitative estimate of drug-likeness (QED) is 0.622. The topological polar surface area (TPSA) is 17.1 Å². The Bertz CT molecular complexity index is 686. The van der Waals surface area contributed by atoms with E-state index in [0.29, 0.717) is 0 Å². The highest BCUT2D eigenvalue weighted by Gasteiger charge is 2.09. The Balaban J connectivity index is 1.92. The SMILES string of the molecule is O=Cc1c(Cc2ccccc2)cccc1Cc1ccccc1. The Kier molecular flexibility index (Phi) is 4.45. The molecule has 3 aromatic carbocycles. The predicted octanol–water partition coefficient (Wildman–Crippen LogP) is 4.68. The second-order valence-electron chi connectivity index (χ2n) is 5.43. The summed E-state index contributed by atoms with van der Waals surface area (Å²) in [5.74, 6) is 0. The number of hydrogen-bond acceptors (Lipinski definition) is 1. The molecule has 0 aromatic heterocycles. The molecule has 0 fully saturated rings. The van der Waals surface area contributed by atoms with E-state index in [9.17, 15) is 4.79 Å². The third-order valence-corrected chi connectivity index (χ3v) is 3.88.